The highest BCUT2D eigenvalue weighted by Crippen LogP contribution is 2.32. The number of ketones is 1. The molecule has 0 bridgehead atoms. The molecular formula is C14H9F4NO. The van der Waals surface area contributed by atoms with Gasteiger partial charge in [-0.15, -0.1) is 0 Å². The van der Waals surface area contributed by atoms with E-state index in [0.717, 1.165) is 12.1 Å². The number of benzene rings is 1. The highest BCUT2D eigenvalue weighted by molar-refractivity contribution is 6.09. The number of aromatic nitrogens is 1. The van der Waals surface area contributed by atoms with Gasteiger partial charge in [-0.3, -0.25) is 9.78 Å². The van der Waals surface area contributed by atoms with E-state index in [9.17, 15) is 22.4 Å². The maximum Gasteiger partial charge on any atom is 0.419 e. The van der Waals surface area contributed by atoms with Gasteiger partial charge in [0.2, 0.25) is 0 Å². The van der Waals surface area contributed by atoms with Gasteiger partial charge in [0.1, 0.15) is 5.82 Å². The van der Waals surface area contributed by atoms with Crippen LogP contribution in [0.4, 0.5) is 17.6 Å². The molecule has 1 heterocycles. The van der Waals surface area contributed by atoms with Crippen molar-refractivity contribution >= 4 is 5.78 Å². The van der Waals surface area contributed by atoms with Crippen molar-refractivity contribution in [2.24, 2.45) is 0 Å². The first-order valence-electron chi connectivity index (χ1n) is 5.63. The Morgan fingerprint density at radius 3 is 2.50 bits per heavy atom. The third-order valence-corrected chi connectivity index (χ3v) is 2.69. The van der Waals surface area contributed by atoms with Crippen LogP contribution < -0.4 is 0 Å². The summed E-state index contributed by atoms with van der Waals surface area (Å²) in [5, 5.41) is 0. The molecular weight excluding hydrogens is 274 g/mol. The summed E-state index contributed by atoms with van der Waals surface area (Å²) < 4.78 is 51.6. The second-order valence-corrected chi connectivity index (χ2v) is 4.24. The van der Waals surface area contributed by atoms with Crippen molar-refractivity contribution in [3.05, 3.63) is 64.7 Å². The van der Waals surface area contributed by atoms with E-state index in [1.54, 1.807) is 6.92 Å². The number of pyridine rings is 1. The van der Waals surface area contributed by atoms with E-state index >= 15 is 0 Å². The lowest BCUT2D eigenvalue weighted by molar-refractivity contribution is -0.140. The van der Waals surface area contributed by atoms with Crippen LogP contribution in [0.3, 0.4) is 0 Å². The van der Waals surface area contributed by atoms with E-state index in [1.807, 2.05) is 0 Å². The molecule has 1 aromatic heterocycles. The topological polar surface area (TPSA) is 30.0 Å². The summed E-state index contributed by atoms with van der Waals surface area (Å²) in [6.45, 7) is 1.67. The predicted octanol–water partition coefficient (Wildman–Crippen LogP) is 3.78. The normalized spacial score (nSPS) is 11.4. The number of rotatable bonds is 2. The number of halogens is 4. The second kappa shape index (κ2) is 5.03. The molecule has 0 fully saturated rings. The third kappa shape index (κ3) is 2.68. The van der Waals surface area contributed by atoms with Crippen molar-refractivity contribution in [3.63, 3.8) is 0 Å². The molecule has 6 heteroatoms. The molecule has 0 spiro atoms. The van der Waals surface area contributed by atoms with Gasteiger partial charge in [0.25, 0.3) is 0 Å². The maximum absolute atomic E-state index is 13.8. The largest absolute Gasteiger partial charge is 0.419 e. The van der Waals surface area contributed by atoms with E-state index in [2.05, 4.69) is 4.98 Å². The van der Waals surface area contributed by atoms with Crippen molar-refractivity contribution in [3.8, 4) is 0 Å². The zero-order chi connectivity index (χ0) is 14.9. The molecule has 0 aliphatic carbocycles. The zero-order valence-electron chi connectivity index (χ0n) is 10.3. The average Bonchev–Trinajstić information content (AvgIpc) is 2.37. The van der Waals surface area contributed by atoms with Crippen LogP contribution in [0, 0.1) is 12.7 Å². The van der Waals surface area contributed by atoms with Crippen LogP contribution >= 0.6 is 0 Å². The molecule has 2 rings (SSSR count). The number of nitrogens with zero attached hydrogens (tertiary/aromatic N) is 1. The molecule has 0 saturated heterocycles. The van der Waals surface area contributed by atoms with E-state index in [1.165, 1.54) is 18.5 Å². The molecule has 0 aliphatic heterocycles. The Balaban J connectivity index is 2.51. The minimum atomic E-state index is -4.84. The lowest BCUT2D eigenvalue weighted by atomic mass is 10.0. The molecule has 2 nitrogen and oxygen atoms in total. The van der Waals surface area contributed by atoms with Crippen molar-refractivity contribution in [1.29, 1.82) is 0 Å². The fraction of sp³-hybridized carbons (Fsp3) is 0.143. The Morgan fingerprint density at radius 2 is 1.90 bits per heavy atom. The summed E-state index contributed by atoms with van der Waals surface area (Å²) in [5.41, 5.74) is -1.37. The molecule has 0 amide bonds. The predicted molar refractivity (Wildman–Crippen MR) is 63.8 cm³/mol. The molecule has 0 N–H and O–H groups in total. The van der Waals surface area contributed by atoms with Gasteiger partial charge >= 0.3 is 6.18 Å². The molecule has 0 unspecified atom stereocenters. The summed E-state index contributed by atoms with van der Waals surface area (Å²) in [4.78, 5) is 15.8. The molecule has 0 atom stereocenters. The highest BCUT2D eigenvalue weighted by Gasteiger charge is 2.35. The van der Waals surface area contributed by atoms with Crippen LogP contribution in [-0.2, 0) is 6.18 Å². The van der Waals surface area contributed by atoms with Crippen LogP contribution in [-0.4, -0.2) is 10.8 Å². The summed E-state index contributed by atoms with van der Waals surface area (Å²) in [7, 11) is 0. The Hall–Kier alpha value is -2.24. The molecule has 0 aliphatic rings. The number of hydrogen-bond acceptors (Lipinski definition) is 2. The quantitative estimate of drug-likeness (QED) is 0.620. The smallest absolute Gasteiger partial charge is 0.288 e. The maximum atomic E-state index is 13.8. The molecule has 2 aromatic rings. The second-order valence-electron chi connectivity index (χ2n) is 4.24. The first kappa shape index (κ1) is 14.2. The number of carbonyl (C=O) groups is 1. The average molecular weight is 283 g/mol. The first-order valence-corrected chi connectivity index (χ1v) is 5.63. The molecule has 20 heavy (non-hydrogen) atoms. The fourth-order valence-electron chi connectivity index (χ4n) is 1.76. The van der Waals surface area contributed by atoms with Crippen LogP contribution in [0.2, 0.25) is 0 Å². The third-order valence-electron chi connectivity index (χ3n) is 2.69. The van der Waals surface area contributed by atoms with Gasteiger partial charge in [0.05, 0.1) is 11.1 Å². The van der Waals surface area contributed by atoms with Crippen LogP contribution in [0.15, 0.2) is 36.7 Å². The summed E-state index contributed by atoms with van der Waals surface area (Å²) in [6, 6.07) is 4.06. The number of hydrogen-bond donors (Lipinski definition) is 0. The first-order chi connectivity index (χ1) is 9.30. The molecule has 0 saturated carbocycles. The zero-order valence-corrected chi connectivity index (χ0v) is 10.3. The lowest BCUT2D eigenvalue weighted by Crippen LogP contribution is -2.13. The SMILES string of the molecule is Cc1cncc(C(=O)c2cccc(C(F)(F)F)c2F)c1. The monoisotopic (exact) mass is 283 g/mol. The van der Waals surface area contributed by atoms with Gasteiger partial charge < -0.3 is 0 Å². The van der Waals surface area contributed by atoms with Crippen LogP contribution in [0.5, 0.6) is 0 Å². The minimum absolute atomic E-state index is 0.0447. The van der Waals surface area contributed by atoms with E-state index in [-0.39, 0.29) is 5.56 Å². The van der Waals surface area contributed by atoms with E-state index in [0.29, 0.717) is 11.6 Å². The van der Waals surface area contributed by atoms with E-state index in [4.69, 9.17) is 0 Å². The van der Waals surface area contributed by atoms with Crippen LogP contribution in [0.1, 0.15) is 27.0 Å². The summed E-state index contributed by atoms with van der Waals surface area (Å²) in [6.07, 6.45) is -2.17. The fourth-order valence-corrected chi connectivity index (χ4v) is 1.76. The van der Waals surface area contributed by atoms with Gasteiger partial charge in [-0.25, -0.2) is 4.39 Å². The van der Waals surface area contributed by atoms with Crippen LogP contribution in [0.25, 0.3) is 0 Å². The Bertz CT molecular complexity index is 664. The minimum Gasteiger partial charge on any atom is -0.288 e. The Morgan fingerprint density at radius 1 is 1.20 bits per heavy atom. The van der Waals surface area contributed by atoms with Gasteiger partial charge in [0.15, 0.2) is 5.78 Å². The Kier molecular flexibility index (Phi) is 3.57. The van der Waals surface area contributed by atoms with E-state index < -0.39 is 28.9 Å². The Labute approximate surface area is 112 Å². The molecule has 104 valence electrons. The number of alkyl halides is 3. The van der Waals surface area contributed by atoms with Gasteiger partial charge in [-0.1, -0.05) is 6.07 Å². The van der Waals surface area contributed by atoms with Crippen molar-refractivity contribution in [2.75, 3.05) is 0 Å². The molecule has 1 aromatic carbocycles. The van der Waals surface area contributed by atoms with Crippen molar-refractivity contribution in [1.82, 2.24) is 4.98 Å². The number of aryl methyl sites for hydroxylation is 1. The van der Waals surface area contributed by atoms with Gasteiger partial charge in [-0.05, 0) is 30.7 Å². The molecule has 0 radical (unpaired) electrons. The number of carbonyl (C=O) groups excluding carboxylic acids is 1. The van der Waals surface area contributed by atoms with Gasteiger partial charge in [0, 0.05) is 18.0 Å². The summed E-state index contributed by atoms with van der Waals surface area (Å²) in [5.74, 6) is -2.39. The standard InChI is InChI=1S/C14H9F4NO/c1-8-5-9(7-19-6-8)13(20)10-3-2-4-11(12(10)15)14(16,17)18/h2-7H,1H3. The lowest BCUT2D eigenvalue weighted by Gasteiger charge is -2.10. The van der Waals surface area contributed by atoms with Gasteiger partial charge in [-0.2, -0.15) is 13.2 Å². The van der Waals surface area contributed by atoms with Crippen molar-refractivity contribution in [2.45, 2.75) is 13.1 Å². The highest BCUT2D eigenvalue weighted by atomic mass is 19.4. The summed E-state index contributed by atoms with van der Waals surface area (Å²) >= 11 is 0. The van der Waals surface area contributed by atoms with Crippen molar-refractivity contribution < 1.29 is 22.4 Å².